The zero-order valence-electron chi connectivity index (χ0n) is 19.7. The molecule has 0 amide bonds. The van der Waals surface area contributed by atoms with Crippen LogP contribution in [0.4, 0.5) is 0 Å². The number of rotatable bonds is 7. The highest BCUT2D eigenvalue weighted by atomic mass is 16.6. The van der Waals surface area contributed by atoms with Gasteiger partial charge in [0.25, 0.3) is 0 Å². The lowest BCUT2D eigenvalue weighted by Crippen LogP contribution is -2.77. The largest absolute Gasteiger partial charge is 0.504 e. The first kappa shape index (κ1) is 29.8. The van der Waals surface area contributed by atoms with Gasteiger partial charge in [0.2, 0.25) is 5.78 Å². The van der Waals surface area contributed by atoms with Gasteiger partial charge in [-0.05, 0) is 43.9 Å². The van der Waals surface area contributed by atoms with Crippen LogP contribution in [0.15, 0.2) is 24.8 Å². The van der Waals surface area contributed by atoms with E-state index in [1.165, 1.54) is 5.56 Å². The van der Waals surface area contributed by atoms with Crippen molar-refractivity contribution in [3.8, 4) is 11.5 Å². The molecule has 202 valence electrons. The lowest BCUT2D eigenvalue weighted by atomic mass is 9.48. The van der Waals surface area contributed by atoms with E-state index in [2.05, 4.69) is 11.5 Å². The smallest absolute Gasteiger partial charge is 0.371 e. The molecule has 1 aromatic rings. The van der Waals surface area contributed by atoms with Crippen molar-refractivity contribution in [1.29, 1.82) is 0 Å². The number of nitrogens with zero attached hydrogens (tertiary/aromatic N) is 1. The summed E-state index contributed by atoms with van der Waals surface area (Å²) in [6.45, 7) is 7.57. The van der Waals surface area contributed by atoms with Gasteiger partial charge < -0.3 is 29.5 Å². The van der Waals surface area contributed by atoms with Crippen LogP contribution < -0.4 is 4.74 Å². The third-order valence-electron chi connectivity index (χ3n) is 7.80. The van der Waals surface area contributed by atoms with Crippen molar-refractivity contribution in [1.82, 2.24) is 4.90 Å². The third-order valence-corrected chi connectivity index (χ3v) is 7.80. The zero-order valence-corrected chi connectivity index (χ0v) is 19.7. The number of Topliss-reactive ketones (excluding diaryl/α,β-unsaturated/α-hetero) is 1. The number of phenols is 1. The summed E-state index contributed by atoms with van der Waals surface area (Å²) in [6, 6.07) is 3.75. The summed E-state index contributed by atoms with van der Waals surface area (Å²) in [5.74, 6) is -1.49. The standard InChI is InChI=1S/C22H29NO5.C3H4O3.2CH4/c1-3-9-23-10-8-21-18-14-4-5-15(24)19(18)28-20(21)16(27-12-11-26-2)6-7-22(21,25)17(23)13-14;1-2(4)3(5)6;;/h3-5,16-17,20,24-25H,1,6-13H2,2H3;1H3,(H,5,6);2*1H4/t16-,17?,20-,21-,22+;;;/m0.../s1. The SMILES string of the molecule is C.C.C=CCN1CC[C@]23c4c5ccc(O)c4O[C@H]2[C@@H](OCCOC)CC[C@@]3(O)C1C5.CC(=O)C(=O)O. The fraction of sp³-hybridized carbons (Fsp3) is 0.630. The number of carbonyl (C=O) groups excluding carboxylic acids is 1. The number of piperidine rings is 1. The molecule has 2 heterocycles. The van der Waals surface area contributed by atoms with E-state index in [9.17, 15) is 19.8 Å². The maximum absolute atomic E-state index is 12.2. The molecule has 9 nitrogen and oxygen atoms in total. The number of carbonyl (C=O) groups is 2. The maximum atomic E-state index is 12.2. The van der Waals surface area contributed by atoms with Crippen LogP contribution in [-0.2, 0) is 30.9 Å². The highest BCUT2D eigenvalue weighted by Crippen LogP contribution is 2.65. The lowest BCUT2D eigenvalue weighted by Gasteiger charge is -2.64. The van der Waals surface area contributed by atoms with Gasteiger partial charge in [-0.3, -0.25) is 9.69 Å². The van der Waals surface area contributed by atoms with E-state index in [0.29, 0.717) is 25.4 Å². The predicted molar refractivity (Wildman–Crippen MR) is 136 cm³/mol. The Morgan fingerprint density at radius 2 is 1.97 bits per heavy atom. The molecular weight excluding hydrogens is 466 g/mol. The van der Waals surface area contributed by atoms with E-state index >= 15 is 0 Å². The van der Waals surface area contributed by atoms with Crippen LogP contribution in [0, 0.1) is 0 Å². The number of ketones is 1. The number of likely N-dealkylation sites (tertiary alicyclic amines) is 1. The minimum absolute atomic E-state index is 0. The van der Waals surface area contributed by atoms with Crippen LogP contribution in [-0.4, -0.2) is 89.2 Å². The highest BCUT2D eigenvalue weighted by molar-refractivity contribution is 6.31. The molecule has 1 aromatic carbocycles. The summed E-state index contributed by atoms with van der Waals surface area (Å²) in [5.41, 5.74) is 0.768. The molecule has 4 aliphatic rings. The normalized spacial score (nSPS) is 30.8. The molecule has 1 spiro atoms. The molecule has 5 atom stereocenters. The summed E-state index contributed by atoms with van der Waals surface area (Å²) < 4.78 is 17.7. The van der Waals surface area contributed by atoms with E-state index < -0.39 is 22.8 Å². The minimum Gasteiger partial charge on any atom is -0.504 e. The number of benzene rings is 1. The predicted octanol–water partition coefficient (Wildman–Crippen LogP) is 2.70. The second kappa shape index (κ2) is 11.3. The monoisotopic (exact) mass is 507 g/mol. The fourth-order valence-electron chi connectivity index (χ4n) is 6.42. The van der Waals surface area contributed by atoms with Gasteiger partial charge in [-0.1, -0.05) is 27.0 Å². The summed E-state index contributed by atoms with van der Waals surface area (Å²) in [7, 11) is 1.66. The van der Waals surface area contributed by atoms with E-state index in [0.717, 1.165) is 44.8 Å². The molecule has 2 fully saturated rings. The number of aliphatic hydroxyl groups is 1. The second-order valence-corrected chi connectivity index (χ2v) is 9.44. The summed E-state index contributed by atoms with van der Waals surface area (Å²) in [5, 5.41) is 30.3. The number of aromatic hydroxyl groups is 1. The molecule has 0 radical (unpaired) electrons. The molecule has 0 aromatic heterocycles. The molecular formula is C27H41NO8. The Labute approximate surface area is 213 Å². The maximum Gasteiger partial charge on any atom is 0.371 e. The lowest BCUT2D eigenvalue weighted by molar-refractivity contribution is -0.214. The number of ether oxygens (including phenoxy) is 3. The van der Waals surface area contributed by atoms with E-state index in [1.54, 1.807) is 13.2 Å². The van der Waals surface area contributed by atoms with Gasteiger partial charge in [-0.2, -0.15) is 0 Å². The van der Waals surface area contributed by atoms with Gasteiger partial charge in [-0.15, -0.1) is 6.58 Å². The number of hydrogen-bond acceptors (Lipinski definition) is 8. The van der Waals surface area contributed by atoms with E-state index in [4.69, 9.17) is 19.3 Å². The Morgan fingerprint density at radius 3 is 2.58 bits per heavy atom. The third kappa shape index (κ3) is 4.42. The molecule has 1 unspecified atom stereocenters. The van der Waals surface area contributed by atoms with Crippen LogP contribution in [0.5, 0.6) is 11.5 Å². The molecule has 36 heavy (non-hydrogen) atoms. The van der Waals surface area contributed by atoms with Crippen molar-refractivity contribution in [2.75, 3.05) is 33.4 Å². The topological polar surface area (TPSA) is 126 Å². The van der Waals surface area contributed by atoms with Crippen molar-refractivity contribution in [3.63, 3.8) is 0 Å². The Kier molecular flexibility index (Phi) is 9.34. The zero-order chi connectivity index (χ0) is 24.7. The summed E-state index contributed by atoms with van der Waals surface area (Å²) >= 11 is 0. The first-order valence-corrected chi connectivity index (χ1v) is 11.6. The van der Waals surface area contributed by atoms with Crippen LogP contribution in [0.1, 0.15) is 52.2 Å². The average Bonchev–Trinajstić information content (AvgIpc) is 3.15. The summed E-state index contributed by atoms with van der Waals surface area (Å²) in [4.78, 5) is 21.2. The summed E-state index contributed by atoms with van der Waals surface area (Å²) in [6.07, 6.45) is 4.44. The average molecular weight is 508 g/mol. The molecule has 1 saturated heterocycles. The quantitative estimate of drug-likeness (QED) is 0.290. The molecule has 2 aliphatic heterocycles. The number of phenolic OH excluding ortho intramolecular Hbond substituents is 1. The van der Waals surface area contributed by atoms with Crippen LogP contribution in [0.2, 0.25) is 0 Å². The molecule has 5 rings (SSSR count). The van der Waals surface area contributed by atoms with Crippen molar-refractivity contribution >= 4 is 11.8 Å². The van der Waals surface area contributed by atoms with Gasteiger partial charge in [0.05, 0.1) is 30.3 Å². The van der Waals surface area contributed by atoms with Crippen LogP contribution in [0.25, 0.3) is 0 Å². The molecule has 9 heteroatoms. The Hall–Kier alpha value is -2.46. The van der Waals surface area contributed by atoms with E-state index in [1.807, 2.05) is 12.1 Å². The Morgan fingerprint density at radius 1 is 1.28 bits per heavy atom. The Balaban J connectivity index is 0.000000514. The Bertz CT molecular complexity index is 969. The van der Waals surface area contributed by atoms with Crippen molar-refractivity contribution in [3.05, 3.63) is 35.9 Å². The van der Waals surface area contributed by atoms with Gasteiger partial charge in [0.15, 0.2) is 11.5 Å². The van der Waals surface area contributed by atoms with Crippen molar-refractivity contribution in [2.45, 2.75) is 76.7 Å². The number of carboxylic acids is 1. The number of methoxy groups -OCH3 is 1. The van der Waals surface area contributed by atoms with Crippen LogP contribution >= 0.6 is 0 Å². The fourth-order valence-corrected chi connectivity index (χ4v) is 6.42. The van der Waals surface area contributed by atoms with Gasteiger partial charge >= 0.3 is 5.97 Å². The van der Waals surface area contributed by atoms with Crippen molar-refractivity contribution in [2.24, 2.45) is 0 Å². The van der Waals surface area contributed by atoms with Crippen LogP contribution in [0.3, 0.4) is 0 Å². The van der Waals surface area contributed by atoms with Crippen molar-refractivity contribution < 1.29 is 39.1 Å². The highest BCUT2D eigenvalue weighted by Gasteiger charge is 2.73. The number of carboxylic acid groups (broad SMARTS) is 1. The minimum atomic E-state index is -1.38. The number of hydrogen-bond donors (Lipinski definition) is 3. The second-order valence-electron chi connectivity index (χ2n) is 9.44. The number of aliphatic carboxylic acids is 1. The molecule has 3 N–H and O–H groups in total. The van der Waals surface area contributed by atoms with Gasteiger partial charge in [-0.25, -0.2) is 4.79 Å². The molecule has 2 bridgehead atoms. The van der Waals surface area contributed by atoms with Gasteiger partial charge in [0.1, 0.15) is 6.10 Å². The van der Waals surface area contributed by atoms with E-state index in [-0.39, 0.29) is 38.9 Å². The first-order chi connectivity index (χ1) is 16.2. The molecule has 1 saturated carbocycles. The molecule has 2 aliphatic carbocycles. The first-order valence-electron chi connectivity index (χ1n) is 11.6. The van der Waals surface area contributed by atoms with Gasteiger partial charge in [0, 0.05) is 32.2 Å².